The second kappa shape index (κ2) is 9.93. The largest absolute Gasteiger partial charge is 0.385 e. The SMILES string of the molecule is CC(C)CNc1ccccc1CS(=O)c1ncccc1C(=O)Nc1ccncc1. The van der Waals surface area contributed by atoms with Gasteiger partial charge in [0, 0.05) is 36.5 Å². The summed E-state index contributed by atoms with van der Waals surface area (Å²) in [6.07, 6.45) is 4.75. The Morgan fingerprint density at radius 3 is 2.55 bits per heavy atom. The molecule has 0 spiro atoms. The van der Waals surface area contributed by atoms with Gasteiger partial charge in [0.05, 0.1) is 22.1 Å². The summed E-state index contributed by atoms with van der Waals surface area (Å²) in [5.41, 5.74) is 2.80. The molecule has 0 fully saturated rings. The molecular weight excluding hydrogens is 384 g/mol. The lowest BCUT2D eigenvalue weighted by atomic mass is 10.1. The van der Waals surface area contributed by atoms with Crippen LogP contribution in [0.25, 0.3) is 0 Å². The molecule has 0 aliphatic rings. The summed E-state index contributed by atoms with van der Waals surface area (Å²) in [5.74, 6) is 0.417. The highest BCUT2D eigenvalue weighted by molar-refractivity contribution is 7.84. The first-order valence-electron chi connectivity index (χ1n) is 9.41. The lowest BCUT2D eigenvalue weighted by molar-refractivity contribution is 0.102. The van der Waals surface area contributed by atoms with Crippen molar-refractivity contribution in [3.63, 3.8) is 0 Å². The predicted molar refractivity (Wildman–Crippen MR) is 116 cm³/mol. The molecule has 6 nitrogen and oxygen atoms in total. The van der Waals surface area contributed by atoms with E-state index in [-0.39, 0.29) is 16.7 Å². The van der Waals surface area contributed by atoms with Crippen molar-refractivity contribution < 1.29 is 9.00 Å². The average molecular weight is 409 g/mol. The number of aromatic nitrogens is 2. The monoisotopic (exact) mass is 408 g/mol. The molecule has 2 heterocycles. The number of pyridine rings is 2. The zero-order valence-corrected chi connectivity index (χ0v) is 17.3. The molecule has 0 aliphatic carbocycles. The molecule has 0 bridgehead atoms. The van der Waals surface area contributed by atoms with Crippen LogP contribution in [0.3, 0.4) is 0 Å². The van der Waals surface area contributed by atoms with Gasteiger partial charge >= 0.3 is 0 Å². The highest BCUT2D eigenvalue weighted by Crippen LogP contribution is 2.21. The minimum absolute atomic E-state index is 0.272. The Hall–Kier alpha value is -3.06. The summed E-state index contributed by atoms with van der Waals surface area (Å²) in [7, 11) is -1.47. The highest BCUT2D eigenvalue weighted by Gasteiger charge is 2.19. The van der Waals surface area contributed by atoms with Crippen LogP contribution >= 0.6 is 0 Å². The summed E-state index contributed by atoms with van der Waals surface area (Å²) in [6, 6.07) is 14.5. The van der Waals surface area contributed by atoms with Crippen molar-refractivity contribution in [1.82, 2.24) is 9.97 Å². The number of rotatable bonds is 8. The first-order chi connectivity index (χ1) is 14.0. The fourth-order valence-electron chi connectivity index (χ4n) is 2.72. The molecule has 3 rings (SSSR count). The van der Waals surface area contributed by atoms with Gasteiger partial charge in [-0.25, -0.2) is 4.98 Å². The molecule has 0 saturated heterocycles. The number of hydrogen-bond donors (Lipinski definition) is 2. The molecule has 0 saturated carbocycles. The van der Waals surface area contributed by atoms with Crippen LogP contribution < -0.4 is 10.6 Å². The number of para-hydroxylation sites is 1. The standard InChI is InChI=1S/C22H24N4O2S/c1-16(2)14-25-20-8-4-3-6-17(20)15-29(28)22-19(7-5-11-24-22)21(27)26-18-9-12-23-13-10-18/h3-13,16,25H,14-15H2,1-2H3,(H,23,26,27). The van der Waals surface area contributed by atoms with Crippen molar-refractivity contribution >= 4 is 28.1 Å². The zero-order valence-electron chi connectivity index (χ0n) is 16.5. The number of nitrogens with zero attached hydrogens (tertiary/aromatic N) is 2. The molecule has 0 aliphatic heterocycles. The Morgan fingerprint density at radius 2 is 1.79 bits per heavy atom. The van der Waals surface area contributed by atoms with E-state index in [1.807, 2.05) is 24.3 Å². The summed E-state index contributed by atoms with van der Waals surface area (Å²) in [4.78, 5) is 20.9. The van der Waals surface area contributed by atoms with E-state index in [1.165, 1.54) is 0 Å². The maximum Gasteiger partial charge on any atom is 0.258 e. The van der Waals surface area contributed by atoms with E-state index in [2.05, 4.69) is 34.4 Å². The van der Waals surface area contributed by atoms with E-state index < -0.39 is 10.8 Å². The number of carbonyl (C=O) groups is 1. The van der Waals surface area contributed by atoms with E-state index in [9.17, 15) is 9.00 Å². The Bertz CT molecular complexity index is 993. The Morgan fingerprint density at radius 1 is 1.03 bits per heavy atom. The number of amides is 1. The summed E-state index contributed by atoms with van der Waals surface area (Å²) in [5, 5.41) is 6.47. The fraction of sp³-hybridized carbons (Fsp3) is 0.227. The lowest BCUT2D eigenvalue weighted by Gasteiger charge is -2.14. The van der Waals surface area contributed by atoms with Gasteiger partial charge in [0.15, 0.2) is 0 Å². The summed E-state index contributed by atoms with van der Waals surface area (Å²) >= 11 is 0. The van der Waals surface area contributed by atoms with E-state index in [1.54, 1.807) is 42.9 Å². The van der Waals surface area contributed by atoms with Crippen LogP contribution in [0.2, 0.25) is 0 Å². The third-order valence-corrected chi connectivity index (χ3v) is 5.50. The van der Waals surface area contributed by atoms with Gasteiger partial charge in [-0.2, -0.15) is 0 Å². The number of benzene rings is 1. The Balaban J connectivity index is 1.80. The van der Waals surface area contributed by atoms with Gasteiger partial charge in [0.2, 0.25) is 0 Å². The molecule has 2 N–H and O–H groups in total. The molecule has 1 aromatic carbocycles. The van der Waals surface area contributed by atoms with Gasteiger partial charge in [0.1, 0.15) is 5.03 Å². The zero-order chi connectivity index (χ0) is 20.6. The highest BCUT2D eigenvalue weighted by atomic mass is 32.2. The van der Waals surface area contributed by atoms with Crippen molar-refractivity contribution in [3.05, 3.63) is 78.2 Å². The molecule has 1 atom stereocenters. The molecule has 150 valence electrons. The van der Waals surface area contributed by atoms with E-state index in [0.29, 0.717) is 17.2 Å². The molecule has 0 radical (unpaired) electrons. The van der Waals surface area contributed by atoms with Crippen molar-refractivity contribution in [3.8, 4) is 0 Å². The Labute approximate surface area is 173 Å². The second-order valence-electron chi connectivity index (χ2n) is 6.97. The van der Waals surface area contributed by atoms with Gasteiger partial charge < -0.3 is 10.6 Å². The number of nitrogens with one attached hydrogen (secondary N) is 2. The summed E-state index contributed by atoms with van der Waals surface area (Å²) < 4.78 is 13.1. The molecule has 1 unspecified atom stereocenters. The van der Waals surface area contributed by atoms with Gasteiger partial charge in [-0.1, -0.05) is 32.0 Å². The topological polar surface area (TPSA) is 84.0 Å². The molecule has 1 amide bonds. The van der Waals surface area contributed by atoms with Crippen LogP contribution in [0.4, 0.5) is 11.4 Å². The Kier molecular flexibility index (Phi) is 7.08. The van der Waals surface area contributed by atoms with Crippen LogP contribution in [0.15, 0.2) is 72.1 Å². The quantitative estimate of drug-likeness (QED) is 0.586. The van der Waals surface area contributed by atoms with Crippen LogP contribution in [0.5, 0.6) is 0 Å². The van der Waals surface area contributed by atoms with E-state index in [4.69, 9.17) is 0 Å². The van der Waals surface area contributed by atoms with Crippen LogP contribution in [0.1, 0.15) is 29.8 Å². The molecule has 2 aromatic heterocycles. The first kappa shape index (κ1) is 20.7. The fourth-order valence-corrected chi connectivity index (χ4v) is 3.98. The molecule has 29 heavy (non-hydrogen) atoms. The van der Waals surface area contributed by atoms with Crippen molar-refractivity contribution in [2.24, 2.45) is 5.92 Å². The van der Waals surface area contributed by atoms with E-state index in [0.717, 1.165) is 17.8 Å². The average Bonchev–Trinajstić information content (AvgIpc) is 2.73. The molecule has 7 heteroatoms. The predicted octanol–water partition coefficient (Wildman–Crippen LogP) is 4.10. The first-order valence-corrected chi connectivity index (χ1v) is 10.7. The van der Waals surface area contributed by atoms with E-state index >= 15 is 0 Å². The van der Waals surface area contributed by atoms with Gasteiger partial charge in [0.25, 0.3) is 5.91 Å². The van der Waals surface area contributed by atoms with Crippen LogP contribution in [-0.4, -0.2) is 26.6 Å². The minimum atomic E-state index is -1.47. The van der Waals surface area contributed by atoms with Crippen molar-refractivity contribution in [2.45, 2.75) is 24.6 Å². The van der Waals surface area contributed by atoms with Crippen molar-refractivity contribution in [2.75, 3.05) is 17.2 Å². The van der Waals surface area contributed by atoms with Crippen LogP contribution in [-0.2, 0) is 16.6 Å². The summed E-state index contributed by atoms with van der Waals surface area (Å²) in [6.45, 7) is 5.09. The number of anilines is 2. The number of hydrogen-bond acceptors (Lipinski definition) is 5. The number of carbonyl (C=O) groups excluding carboxylic acids is 1. The van der Waals surface area contributed by atoms with Crippen molar-refractivity contribution in [1.29, 1.82) is 0 Å². The molecule has 3 aromatic rings. The van der Waals surface area contributed by atoms with Crippen LogP contribution in [0, 0.1) is 5.92 Å². The normalized spacial score (nSPS) is 11.8. The third kappa shape index (κ3) is 5.71. The smallest absolute Gasteiger partial charge is 0.258 e. The third-order valence-electron chi connectivity index (χ3n) is 4.17. The van der Waals surface area contributed by atoms with Gasteiger partial charge in [-0.05, 0) is 41.8 Å². The maximum atomic E-state index is 13.1. The maximum absolute atomic E-state index is 13.1. The van der Waals surface area contributed by atoms with Gasteiger partial charge in [-0.3, -0.25) is 14.0 Å². The second-order valence-corrected chi connectivity index (χ2v) is 8.33. The molecular formula is C22H24N4O2S. The minimum Gasteiger partial charge on any atom is -0.385 e. The lowest BCUT2D eigenvalue weighted by Crippen LogP contribution is -2.16. The van der Waals surface area contributed by atoms with Gasteiger partial charge in [-0.15, -0.1) is 0 Å².